The molecule has 0 unspecified atom stereocenters. The van der Waals surface area contributed by atoms with E-state index in [-0.39, 0.29) is 11.5 Å². The molecule has 0 spiro atoms. The number of hydrogen-bond donors (Lipinski definition) is 2. The van der Waals surface area contributed by atoms with Gasteiger partial charge >= 0.3 is 0 Å². The normalized spacial score (nSPS) is 13.9. The quantitative estimate of drug-likeness (QED) is 0.636. The van der Waals surface area contributed by atoms with Gasteiger partial charge in [0.15, 0.2) is 5.11 Å². The van der Waals surface area contributed by atoms with Crippen LogP contribution in [-0.2, 0) is 19.4 Å². The fourth-order valence-corrected chi connectivity index (χ4v) is 3.44. The third-order valence-corrected chi connectivity index (χ3v) is 5.10. The Kier molecular flexibility index (Phi) is 5.66. The predicted octanol–water partition coefficient (Wildman–Crippen LogP) is 3.35. The fraction of sp³-hybridized carbons (Fsp3) is 0.316. The Morgan fingerprint density at radius 2 is 2.00 bits per heavy atom. The number of rotatable bonds is 3. The van der Waals surface area contributed by atoms with Gasteiger partial charge in [0.1, 0.15) is 0 Å². The highest BCUT2D eigenvalue weighted by atomic mass is 35.5. The minimum Gasteiger partial charge on any atom is -0.591 e. The molecule has 0 aromatic heterocycles. The first-order valence-corrected chi connectivity index (χ1v) is 9.15. The molecule has 1 aliphatic heterocycles. The van der Waals surface area contributed by atoms with Crippen molar-refractivity contribution >= 4 is 28.9 Å². The first kappa shape index (κ1) is 17.8. The molecule has 0 amide bonds. The minimum atomic E-state index is 0.0298. The van der Waals surface area contributed by atoms with Crippen molar-refractivity contribution in [3.05, 3.63) is 58.1 Å². The van der Waals surface area contributed by atoms with Crippen LogP contribution in [0.4, 0.5) is 0 Å². The SMILES string of the molecule is Oc1cc2c(cc1[OH2+])CCCN(C(=S)NCCc1ccc(Cl)cc1)C2. The van der Waals surface area contributed by atoms with Crippen molar-refractivity contribution in [1.82, 2.24) is 10.2 Å². The van der Waals surface area contributed by atoms with Gasteiger partial charge in [-0.1, -0.05) is 23.7 Å². The molecule has 6 heteroatoms. The van der Waals surface area contributed by atoms with Gasteiger partial charge in [-0.2, -0.15) is 0 Å². The molecule has 0 saturated heterocycles. The summed E-state index contributed by atoms with van der Waals surface area (Å²) in [6, 6.07) is 11.3. The Hall–Kier alpha value is -1.98. The average molecular weight is 378 g/mol. The number of hydrogen-bond acceptors (Lipinski definition) is 2. The number of nitrogens with zero attached hydrogens (tertiary/aromatic N) is 1. The number of nitrogens with one attached hydrogen (secondary N) is 1. The van der Waals surface area contributed by atoms with Crippen molar-refractivity contribution in [2.75, 3.05) is 13.1 Å². The first-order chi connectivity index (χ1) is 12.0. The van der Waals surface area contributed by atoms with E-state index in [2.05, 4.69) is 10.2 Å². The highest BCUT2D eigenvalue weighted by Gasteiger charge is 2.19. The number of fused-ring (bicyclic) bond motifs is 1. The zero-order valence-corrected chi connectivity index (χ0v) is 15.5. The summed E-state index contributed by atoms with van der Waals surface area (Å²) in [4.78, 5) is 2.13. The van der Waals surface area contributed by atoms with Crippen molar-refractivity contribution in [3.63, 3.8) is 0 Å². The summed E-state index contributed by atoms with van der Waals surface area (Å²) in [5.41, 5.74) is 3.40. The summed E-state index contributed by atoms with van der Waals surface area (Å²) in [6.07, 6.45) is 2.77. The second kappa shape index (κ2) is 7.93. The van der Waals surface area contributed by atoms with Crippen LogP contribution < -0.4 is 5.32 Å². The van der Waals surface area contributed by atoms with Gasteiger partial charge in [0, 0.05) is 30.7 Å². The number of benzene rings is 2. The lowest BCUT2D eigenvalue weighted by atomic mass is 10.0. The minimum absolute atomic E-state index is 0.0298. The molecular weight excluding hydrogens is 356 g/mol. The maximum Gasteiger partial charge on any atom is 0.296 e. The van der Waals surface area contributed by atoms with Crippen molar-refractivity contribution < 1.29 is 10.2 Å². The van der Waals surface area contributed by atoms with Gasteiger partial charge in [0.05, 0.1) is 0 Å². The predicted molar refractivity (Wildman–Crippen MR) is 106 cm³/mol. The van der Waals surface area contributed by atoms with Gasteiger partial charge in [-0.3, -0.25) is 0 Å². The fourth-order valence-electron chi connectivity index (χ4n) is 3.05. The van der Waals surface area contributed by atoms with Gasteiger partial charge in [-0.05, 0) is 66.4 Å². The zero-order valence-electron chi connectivity index (χ0n) is 13.9. The number of halogens is 1. The molecule has 2 aromatic carbocycles. The molecule has 1 heterocycles. The van der Waals surface area contributed by atoms with Crippen LogP contribution >= 0.6 is 23.8 Å². The van der Waals surface area contributed by atoms with E-state index in [4.69, 9.17) is 28.9 Å². The molecule has 0 saturated carbocycles. The molecule has 0 fully saturated rings. The number of thiocarbonyl (C=S) groups is 1. The van der Waals surface area contributed by atoms with E-state index in [1.54, 1.807) is 12.1 Å². The third kappa shape index (κ3) is 4.55. The largest absolute Gasteiger partial charge is 0.591 e. The second-order valence-electron chi connectivity index (χ2n) is 6.27. The van der Waals surface area contributed by atoms with Crippen molar-refractivity contribution in [2.45, 2.75) is 25.8 Å². The van der Waals surface area contributed by atoms with Gasteiger partial charge < -0.3 is 20.4 Å². The highest BCUT2D eigenvalue weighted by Crippen LogP contribution is 2.31. The van der Waals surface area contributed by atoms with Crippen molar-refractivity contribution in [2.24, 2.45) is 0 Å². The van der Waals surface area contributed by atoms with Crippen LogP contribution in [0, 0.1) is 0 Å². The van der Waals surface area contributed by atoms with Gasteiger partial charge in [0.25, 0.3) is 5.75 Å². The summed E-state index contributed by atoms with van der Waals surface area (Å²) < 4.78 is 0. The summed E-state index contributed by atoms with van der Waals surface area (Å²) in [7, 11) is 0. The number of aromatic hydroxyl groups is 1. The monoisotopic (exact) mass is 377 g/mol. The molecule has 0 radical (unpaired) electrons. The summed E-state index contributed by atoms with van der Waals surface area (Å²) in [6.45, 7) is 2.30. The molecule has 25 heavy (non-hydrogen) atoms. The lowest BCUT2D eigenvalue weighted by molar-refractivity contribution is 0.397. The Balaban J connectivity index is 1.58. The lowest BCUT2D eigenvalue weighted by Gasteiger charge is -2.24. The topological polar surface area (TPSA) is 58.4 Å². The molecule has 2 aromatic rings. The average Bonchev–Trinajstić information content (AvgIpc) is 2.79. The third-order valence-electron chi connectivity index (χ3n) is 4.44. The molecule has 4 nitrogen and oxygen atoms in total. The maximum absolute atomic E-state index is 9.82. The Morgan fingerprint density at radius 3 is 2.76 bits per heavy atom. The van der Waals surface area contributed by atoms with Crippen LogP contribution in [0.5, 0.6) is 11.5 Å². The lowest BCUT2D eigenvalue weighted by Crippen LogP contribution is -2.40. The van der Waals surface area contributed by atoms with Crippen LogP contribution in [0.15, 0.2) is 36.4 Å². The summed E-state index contributed by atoms with van der Waals surface area (Å²) in [5, 5.41) is 22.4. The van der Waals surface area contributed by atoms with E-state index in [9.17, 15) is 5.11 Å². The summed E-state index contributed by atoms with van der Waals surface area (Å²) >= 11 is 11.5. The maximum atomic E-state index is 9.82. The van der Waals surface area contributed by atoms with Crippen molar-refractivity contribution in [1.29, 1.82) is 0 Å². The van der Waals surface area contributed by atoms with E-state index in [1.807, 2.05) is 24.3 Å². The standard InChI is InChI=1S/C19H21ClN2O2S/c20-16-5-3-13(4-6-16)7-8-21-19(25)22-9-1-2-14-10-17(23)18(24)11-15(14)12-22/h3-6,10-11,23-24H,1-2,7-9,12H2,(H,21,25)/p+1. The van der Waals surface area contributed by atoms with E-state index in [0.29, 0.717) is 6.54 Å². The number of phenolic OH excluding ortho intramolecular Hbond substituents is 1. The van der Waals surface area contributed by atoms with E-state index < -0.39 is 0 Å². The van der Waals surface area contributed by atoms with Crippen LogP contribution in [0.2, 0.25) is 5.02 Å². The Labute approximate surface area is 158 Å². The second-order valence-corrected chi connectivity index (χ2v) is 7.09. The molecule has 0 bridgehead atoms. The molecule has 132 valence electrons. The molecular formula is C19H22ClN2O2S+. The van der Waals surface area contributed by atoms with Gasteiger partial charge in [-0.15, -0.1) is 0 Å². The smallest absolute Gasteiger partial charge is 0.296 e. The zero-order chi connectivity index (χ0) is 17.8. The number of aryl methyl sites for hydroxylation is 1. The van der Waals surface area contributed by atoms with Gasteiger partial charge in [-0.25, -0.2) is 0 Å². The van der Waals surface area contributed by atoms with E-state index >= 15 is 0 Å². The molecule has 0 aliphatic carbocycles. The Morgan fingerprint density at radius 1 is 1.24 bits per heavy atom. The summed E-state index contributed by atoms with van der Waals surface area (Å²) in [5.74, 6) is 0.220. The van der Waals surface area contributed by atoms with Crippen LogP contribution in [0.3, 0.4) is 0 Å². The Bertz CT molecular complexity index is 765. The first-order valence-electron chi connectivity index (χ1n) is 8.36. The highest BCUT2D eigenvalue weighted by molar-refractivity contribution is 7.80. The molecule has 4 N–H and O–H groups in total. The van der Waals surface area contributed by atoms with Crippen LogP contribution in [0.1, 0.15) is 23.1 Å². The number of phenols is 1. The molecule has 3 rings (SSSR count). The van der Waals surface area contributed by atoms with Gasteiger partial charge in [0.2, 0.25) is 5.75 Å². The van der Waals surface area contributed by atoms with E-state index in [1.165, 1.54) is 5.56 Å². The molecule has 1 aliphatic rings. The van der Waals surface area contributed by atoms with Crippen molar-refractivity contribution in [3.8, 4) is 11.5 Å². The van der Waals surface area contributed by atoms with E-state index in [0.717, 1.165) is 53.6 Å². The van der Waals surface area contributed by atoms with Crippen LogP contribution in [-0.4, -0.2) is 33.3 Å². The molecule has 0 atom stereocenters. The van der Waals surface area contributed by atoms with Crippen LogP contribution in [0.25, 0.3) is 0 Å².